The number of pyridine rings is 1. The highest BCUT2D eigenvalue weighted by Gasteiger charge is 2.29. The van der Waals surface area contributed by atoms with Crippen LogP contribution in [0.2, 0.25) is 0 Å². The number of nitrogens with two attached hydrogens (primary N) is 1. The van der Waals surface area contributed by atoms with Gasteiger partial charge in [0.2, 0.25) is 5.91 Å². The van der Waals surface area contributed by atoms with E-state index < -0.39 is 0 Å². The Hall–Kier alpha value is -1.62. The van der Waals surface area contributed by atoms with Crippen LogP contribution in [0.3, 0.4) is 0 Å². The zero-order chi connectivity index (χ0) is 13.4. The molecule has 3 N–H and O–H groups in total. The van der Waals surface area contributed by atoms with Gasteiger partial charge in [0.05, 0.1) is 0 Å². The molecule has 2 heterocycles. The highest BCUT2D eigenvalue weighted by atomic mass is 16.2. The Labute approximate surface area is 113 Å². The third-order valence-electron chi connectivity index (χ3n) is 4.10. The van der Waals surface area contributed by atoms with Gasteiger partial charge in [0.25, 0.3) is 0 Å². The van der Waals surface area contributed by atoms with Crippen LogP contribution in [0.1, 0.15) is 30.2 Å². The van der Waals surface area contributed by atoms with Crippen molar-refractivity contribution in [3.05, 3.63) is 22.9 Å². The average Bonchev–Trinajstić information content (AvgIpc) is 2.87. The third-order valence-corrected chi connectivity index (χ3v) is 4.10. The second-order valence-corrected chi connectivity index (χ2v) is 5.29. The molecule has 3 rings (SSSR count). The van der Waals surface area contributed by atoms with E-state index in [-0.39, 0.29) is 11.9 Å². The molecule has 5 nitrogen and oxygen atoms in total. The van der Waals surface area contributed by atoms with Crippen molar-refractivity contribution in [3.63, 3.8) is 0 Å². The fourth-order valence-corrected chi connectivity index (χ4v) is 2.98. The maximum atomic E-state index is 11.8. The van der Waals surface area contributed by atoms with E-state index in [1.807, 2.05) is 6.92 Å². The second kappa shape index (κ2) is 4.81. The minimum Gasteiger partial charge on any atom is -0.353 e. The molecule has 1 saturated heterocycles. The number of anilines is 1. The fourth-order valence-electron chi connectivity index (χ4n) is 2.98. The van der Waals surface area contributed by atoms with Crippen LogP contribution in [0.5, 0.6) is 0 Å². The molecule has 0 spiro atoms. The highest BCUT2D eigenvalue weighted by molar-refractivity contribution is 5.86. The van der Waals surface area contributed by atoms with Crippen molar-refractivity contribution in [1.82, 2.24) is 10.3 Å². The van der Waals surface area contributed by atoms with E-state index in [1.165, 1.54) is 17.7 Å². The van der Waals surface area contributed by atoms with Gasteiger partial charge in [-0.25, -0.2) is 4.98 Å². The van der Waals surface area contributed by atoms with E-state index in [4.69, 9.17) is 10.7 Å². The molecule has 19 heavy (non-hydrogen) atoms. The summed E-state index contributed by atoms with van der Waals surface area (Å²) in [6, 6.07) is 2.01. The Morgan fingerprint density at radius 2 is 2.37 bits per heavy atom. The Balaban J connectivity index is 2.01. The zero-order valence-electron chi connectivity index (χ0n) is 11.3. The Kier molecular flexibility index (Phi) is 3.14. The maximum Gasteiger partial charge on any atom is 0.242 e. The van der Waals surface area contributed by atoms with Gasteiger partial charge in [-0.15, -0.1) is 0 Å². The van der Waals surface area contributed by atoms with Gasteiger partial charge in [0.15, 0.2) is 0 Å². The van der Waals surface area contributed by atoms with Crippen molar-refractivity contribution in [2.24, 2.45) is 5.73 Å². The number of nitrogens with zero attached hydrogens (tertiary/aromatic N) is 2. The first kappa shape index (κ1) is 12.4. The molecular weight excluding hydrogens is 240 g/mol. The topological polar surface area (TPSA) is 71.2 Å². The van der Waals surface area contributed by atoms with E-state index in [0.717, 1.165) is 30.8 Å². The number of hydrogen-bond donors (Lipinski definition) is 2. The van der Waals surface area contributed by atoms with Gasteiger partial charge in [-0.05, 0) is 37.8 Å². The van der Waals surface area contributed by atoms with E-state index in [0.29, 0.717) is 13.1 Å². The van der Waals surface area contributed by atoms with Crippen LogP contribution < -0.4 is 16.0 Å². The van der Waals surface area contributed by atoms with Crippen molar-refractivity contribution in [3.8, 4) is 0 Å². The molecule has 2 aliphatic rings. The lowest BCUT2D eigenvalue weighted by molar-refractivity contribution is -0.122. The molecule has 1 fully saturated rings. The monoisotopic (exact) mass is 260 g/mol. The van der Waals surface area contributed by atoms with Gasteiger partial charge in [-0.1, -0.05) is 0 Å². The summed E-state index contributed by atoms with van der Waals surface area (Å²) in [6.45, 7) is 3.86. The standard InChI is InChI=1S/C14H20N4O/c1-9-14(19)16-5-6-18(9)13-11(8-15)7-10-3-2-4-12(10)17-13/h7,9H,2-6,8,15H2,1H3,(H,16,19). The Morgan fingerprint density at radius 3 is 3.16 bits per heavy atom. The van der Waals surface area contributed by atoms with Crippen LogP contribution in [0.4, 0.5) is 5.82 Å². The van der Waals surface area contributed by atoms with Crippen molar-refractivity contribution >= 4 is 11.7 Å². The van der Waals surface area contributed by atoms with Crippen molar-refractivity contribution in [2.45, 2.75) is 38.8 Å². The van der Waals surface area contributed by atoms with Crippen LogP contribution in [0.15, 0.2) is 6.07 Å². The van der Waals surface area contributed by atoms with Crippen LogP contribution in [0, 0.1) is 0 Å². The van der Waals surface area contributed by atoms with Gasteiger partial charge >= 0.3 is 0 Å². The molecule has 1 atom stereocenters. The molecule has 1 aromatic heterocycles. The average molecular weight is 260 g/mol. The summed E-state index contributed by atoms with van der Waals surface area (Å²) < 4.78 is 0. The summed E-state index contributed by atoms with van der Waals surface area (Å²) in [5, 5.41) is 2.88. The number of carbonyl (C=O) groups is 1. The number of aryl methyl sites for hydroxylation is 2. The van der Waals surface area contributed by atoms with E-state index in [9.17, 15) is 4.79 Å². The second-order valence-electron chi connectivity index (χ2n) is 5.29. The quantitative estimate of drug-likeness (QED) is 0.805. The van der Waals surface area contributed by atoms with Crippen LogP contribution in [-0.4, -0.2) is 30.0 Å². The van der Waals surface area contributed by atoms with Crippen LogP contribution in [-0.2, 0) is 24.2 Å². The van der Waals surface area contributed by atoms with Crippen LogP contribution >= 0.6 is 0 Å². The highest BCUT2D eigenvalue weighted by Crippen LogP contribution is 2.28. The number of aromatic nitrogens is 1. The lowest BCUT2D eigenvalue weighted by atomic mass is 10.1. The maximum absolute atomic E-state index is 11.8. The molecule has 1 aliphatic heterocycles. The molecule has 1 aromatic rings. The molecule has 102 valence electrons. The van der Waals surface area contributed by atoms with E-state index >= 15 is 0 Å². The number of amides is 1. The van der Waals surface area contributed by atoms with Gasteiger partial charge in [0.1, 0.15) is 11.9 Å². The van der Waals surface area contributed by atoms with Crippen molar-refractivity contribution in [2.75, 3.05) is 18.0 Å². The summed E-state index contributed by atoms with van der Waals surface area (Å²) in [5.41, 5.74) is 9.44. The summed E-state index contributed by atoms with van der Waals surface area (Å²) in [7, 11) is 0. The molecule has 1 amide bonds. The first-order valence-corrected chi connectivity index (χ1v) is 6.97. The zero-order valence-corrected chi connectivity index (χ0v) is 11.3. The normalized spacial score (nSPS) is 22.3. The van der Waals surface area contributed by atoms with Gasteiger partial charge in [-0.3, -0.25) is 4.79 Å². The molecular formula is C14H20N4O. The summed E-state index contributed by atoms with van der Waals surface area (Å²) in [5.74, 6) is 0.974. The van der Waals surface area contributed by atoms with Gasteiger partial charge < -0.3 is 16.0 Å². The predicted molar refractivity (Wildman–Crippen MR) is 74.0 cm³/mol. The lowest BCUT2D eigenvalue weighted by Gasteiger charge is -2.35. The first-order chi connectivity index (χ1) is 9.20. The minimum absolute atomic E-state index is 0.0662. The molecule has 1 unspecified atom stereocenters. The molecule has 0 aromatic carbocycles. The van der Waals surface area contributed by atoms with Crippen molar-refractivity contribution in [1.29, 1.82) is 0 Å². The third kappa shape index (κ3) is 2.08. The van der Waals surface area contributed by atoms with Gasteiger partial charge in [-0.2, -0.15) is 0 Å². The summed E-state index contributed by atoms with van der Waals surface area (Å²) in [4.78, 5) is 18.7. The minimum atomic E-state index is -0.175. The summed E-state index contributed by atoms with van der Waals surface area (Å²) >= 11 is 0. The summed E-state index contributed by atoms with van der Waals surface area (Å²) in [6.07, 6.45) is 3.32. The Morgan fingerprint density at radius 1 is 1.53 bits per heavy atom. The number of fused-ring (bicyclic) bond motifs is 1. The predicted octanol–water partition coefficient (Wildman–Crippen LogP) is 0.354. The van der Waals surface area contributed by atoms with E-state index in [1.54, 1.807) is 0 Å². The fraction of sp³-hybridized carbons (Fsp3) is 0.571. The lowest BCUT2D eigenvalue weighted by Crippen LogP contribution is -2.54. The molecule has 5 heteroatoms. The number of piperazine rings is 1. The largest absolute Gasteiger partial charge is 0.353 e. The smallest absolute Gasteiger partial charge is 0.242 e. The Bertz CT molecular complexity index is 514. The SMILES string of the molecule is CC1C(=O)NCCN1c1nc2c(cc1CN)CCC2. The van der Waals surface area contributed by atoms with Crippen molar-refractivity contribution < 1.29 is 4.79 Å². The molecule has 1 aliphatic carbocycles. The molecule has 0 radical (unpaired) electrons. The number of hydrogen-bond acceptors (Lipinski definition) is 4. The number of nitrogens with one attached hydrogen (secondary N) is 1. The number of rotatable bonds is 2. The van der Waals surface area contributed by atoms with Gasteiger partial charge in [0, 0.05) is 30.9 Å². The van der Waals surface area contributed by atoms with Crippen LogP contribution in [0.25, 0.3) is 0 Å². The first-order valence-electron chi connectivity index (χ1n) is 6.97. The molecule has 0 bridgehead atoms. The molecule has 0 saturated carbocycles. The number of carbonyl (C=O) groups excluding carboxylic acids is 1. The van der Waals surface area contributed by atoms with E-state index in [2.05, 4.69) is 16.3 Å².